The van der Waals surface area contributed by atoms with E-state index >= 15 is 0 Å². The van der Waals surface area contributed by atoms with Gasteiger partial charge < -0.3 is 0 Å². The van der Waals surface area contributed by atoms with Crippen LogP contribution in [0.4, 0.5) is 0 Å². The Kier molecular flexibility index (Phi) is 4.75. The lowest BCUT2D eigenvalue weighted by molar-refractivity contribution is 0.103. The summed E-state index contributed by atoms with van der Waals surface area (Å²) in [5.41, 5.74) is 3.66. The fourth-order valence-electron chi connectivity index (χ4n) is 2.15. The van der Waals surface area contributed by atoms with Crippen molar-refractivity contribution in [2.24, 2.45) is 0 Å². The molecule has 0 amide bonds. The first-order valence-corrected chi connectivity index (χ1v) is 7.01. The number of ketones is 1. The van der Waals surface area contributed by atoms with Crippen LogP contribution in [0.2, 0.25) is 5.02 Å². The molecule has 0 aromatic heterocycles. The SMILES string of the molecule is CC=CCc1cccc(C(=O)c2ccc(Cl)cc2)c1C. The lowest BCUT2D eigenvalue weighted by atomic mass is 9.94. The molecule has 0 atom stereocenters. The van der Waals surface area contributed by atoms with Gasteiger partial charge >= 0.3 is 0 Å². The van der Waals surface area contributed by atoms with Crippen molar-refractivity contribution < 1.29 is 4.79 Å². The van der Waals surface area contributed by atoms with Crippen molar-refractivity contribution in [3.05, 3.63) is 81.9 Å². The third-order valence-corrected chi connectivity index (χ3v) is 3.62. The zero-order chi connectivity index (χ0) is 14.5. The molecule has 0 aliphatic carbocycles. The van der Waals surface area contributed by atoms with Gasteiger partial charge in [0.25, 0.3) is 0 Å². The number of halogens is 1. The number of hydrogen-bond acceptors (Lipinski definition) is 1. The van der Waals surface area contributed by atoms with E-state index in [9.17, 15) is 4.79 Å². The van der Waals surface area contributed by atoms with Crippen molar-refractivity contribution in [2.45, 2.75) is 20.3 Å². The van der Waals surface area contributed by atoms with Crippen LogP contribution in [-0.2, 0) is 6.42 Å². The van der Waals surface area contributed by atoms with Gasteiger partial charge in [0.05, 0.1) is 0 Å². The predicted molar refractivity (Wildman–Crippen MR) is 84.6 cm³/mol. The normalized spacial score (nSPS) is 10.9. The molecule has 20 heavy (non-hydrogen) atoms. The van der Waals surface area contributed by atoms with Crippen molar-refractivity contribution in [3.8, 4) is 0 Å². The molecule has 0 radical (unpaired) electrons. The number of carbonyl (C=O) groups excluding carboxylic acids is 1. The molecule has 102 valence electrons. The van der Waals surface area contributed by atoms with Crippen molar-refractivity contribution >= 4 is 17.4 Å². The fourth-order valence-corrected chi connectivity index (χ4v) is 2.28. The highest BCUT2D eigenvalue weighted by molar-refractivity contribution is 6.30. The van der Waals surface area contributed by atoms with Crippen LogP contribution < -0.4 is 0 Å². The molecule has 0 unspecified atom stereocenters. The Bertz CT molecular complexity index is 639. The number of allylic oxidation sites excluding steroid dienone is 2. The lowest BCUT2D eigenvalue weighted by Crippen LogP contribution is -2.05. The molecule has 2 rings (SSSR count). The Morgan fingerprint density at radius 1 is 1.15 bits per heavy atom. The lowest BCUT2D eigenvalue weighted by Gasteiger charge is -2.09. The van der Waals surface area contributed by atoms with Crippen LogP contribution in [0.15, 0.2) is 54.6 Å². The van der Waals surface area contributed by atoms with Crippen LogP contribution in [0, 0.1) is 6.92 Å². The standard InChI is InChI=1S/C18H17ClO/c1-3-4-6-14-7-5-8-17(13(14)2)18(20)15-9-11-16(19)12-10-15/h3-5,7-12H,6H2,1-2H3. The average Bonchev–Trinajstić information content (AvgIpc) is 2.46. The fraction of sp³-hybridized carbons (Fsp3) is 0.167. The molecule has 0 N–H and O–H groups in total. The maximum atomic E-state index is 12.5. The maximum absolute atomic E-state index is 12.5. The van der Waals surface area contributed by atoms with Crippen molar-refractivity contribution in [1.82, 2.24) is 0 Å². The molecular formula is C18H17ClO. The second-order valence-corrected chi connectivity index (χ2v) is 5.14. The van der Waals surface area contributed by atoms with Gasteiger partial charge in [-0.15, -0.1) is 0 Å². The quantitative estimate of drug-likeness (QED) is 0.570. The summed E-state index contributed by atoms with van der Waals surface area (Å²) < 4.78 is 0. The van der Waals surface area contributed by atoms with Gasteiger partial charge in [0.2, 0.25) is 0 Å². The van der Waals surface area contributed by atoms with Gasteiger partial charge in [0.1, 0.15) is 0 Å². The van der Waals surface area contributed by atoms with E-state index in [1.54, 1.807) is 24.3 Å². The summed E-state index contributed by atoms with van der Waals surface area (Å²) in [6.45, 7) is 4.00. The van der Waals surface area contributed by atoms with Crippen LogP contribution in [-0.4, -0.2) is 5.78 Å². The zero-order valence-electron chi connectivity index (χ0n) is 11.7. The molecule has 2 heteroatoms. The smallest absolute Gasteiger partial charge is 0.193 e. The Morgan fingerprint density at radius 2 is 1.85 bits per heavy atom. The van der Waals surface area contributed by atoms with E-state index < -0.39 is 0 Å². The van der Waals surface area contributed by atoms with Crippen molar-refractivity contribution in [1.29, 1.82) is 0 Å². The van der Waals surface area contributed by atoms with Crippen LogP contribution in [0.3, 0.4) is 0 Å². The summed E-state index contributed by atoms with van der Waals surface area (Å²) in [6, 6.07) is 12.9. The molecular weight excluding hydrogens is 268 g/mol. The van der Waals surface area contributed by atoms with E-state index in [0.717, 1.165) is 17.5 Å². The molecule has 2 aromatic carbocycles. The highest BCUT2D eigenvalue weighted by Gasteiger charge is 2.13. The van der Waals surface area contributed by atoms with Gasteiger partial charge in [-0.3, -0.25) is 4.79 Å². The molecule has 2 aromatic rings. The second-order valence-electron chi connectivity index (χ2n) is 4.70. The van der Waals surface area contributed by atoms with Gasteiger partial charge in [-0.1, -0.05) is 42.0 Å². The van der Waals surface area contributed by atoms with Crippen LogP contribution in [0.25, 0.3) is 0 Å². The highest BCUT2D eigenvalue weighted by atomic mass is 35.5. The zero-order valence-corrected chi connectivity index (χ0v) is 12.4. The van der Waals surface area contributed by atoms with E-state index in [-0.39, 0.29) is 5.78 Å². The molecule has 0 spiro atoms. The molecule has 0 heterocycles. The second kappa shape index (κ2) is 6.53. The number of benzene rings is 2. The summed E-state index contributed by atoms with van der Waals surface area (Å²) in [6.07, 6.45) is 4.97. The van der Waals surface area contributed by atoms with E-state index in [2.05, 4.69) is 12.1 Å². The summed E-state index contributed by atoms with van der Waals surface area (Å²) in [4.78, 5) is 12.5. The van der Waals surface area contributed by atoms with Crippen molar-refractivity contribution in [3.63, 3.8) is 0 Å². The van der Waals surface area contributed by atoms with Crippen LogP contribution in [0.1, 0.15) is 34.0 Å². The Balaban J connectivity index is 2.37. The van der Waals surface area contributed by atoms with Crippen molar-refractivity contribution in [2.75, 3.05) is 0 Å². The molecule has 0 saturated heterocycles. The van der Waals surface area contributed by atoms with Gasteiger partial charge in [-0.25, -0.2) is 0 Å². The third-order valence-electron chi connectivity index (χ3n) is 3.37. The van der Waals surface area contributed by atoms with E-state index in [1.807, 2.05) is 32.1 Å². The third kappa shape index (κ3) is 3.17. The van der Waals surface area contributed by atoms with Gasteiger partial charge in [0.15, 0.2) is 5.78 Å². The first-order chi connectivity index (χ1) is 9.63. The number of rotatable bonds is 4. The highest BCUT2D eigenvalue weighted by Crippen LogP contribution is 2.19. The number of hydrogen-bond donors (Lipinski definition) is 0. The Labute approximate surface area is 124 Å². The largest absolute Gasteiger partial charge is 0.289 e. The Hall–Kier alpha value is -1.86. The molecule has 1 nitrogen and oxygen atoms in total. The van der Waals surface area contributed by atoms with Gasteiger partial charge in [-0.05, 0) is 55.7 Å². The summed E-state index contributed by atoms with van der Waals surface area (Å²) >= 11 is 5.86. The van der Waals surface area contributed by atoms with Crippen LogP contribution >= 0.6 is 11.6 Å². The first-order valence-electron chi connectivity index (χ1n) is 6.63. The number of carbonyl (C=O) groups is 1. The van der Waals surface area contributed by atoms with Gasteiger partial charge in [-0.2, -0.15) is 0 Å². The molecule has 0 aliphatic rings. The Morgan fingerprint density at radius 3 is 2.50 bits per heavy atom. The summed E-state index contributed by atoms with van der Waals surface area (Å²) in [5, 5.41) is 0.639. The first kappa shape index (κ1) is 14.5. The van der Waals surface area contributed by atoms with Gasteiger partial charge in [0, 0.05) is 16.1 Å². The van der Waals surface area contributed by atoms with E-state index in [1.165, 1.54) is 5.56 Å². The summed E-state index contributed by atoms with van der Waals surface area (Å²) in [7, 11) is 0. The van der Waals surface area contributed by atoms with E-state index in [4.69, 9.17) is 11.6 Å². The topological polar surface area (TPSA) is 17.1 Å². The van der Waals surface area contributed by atoms with Crippen LogP contribution in [0.5, 0.6) is 0 Å². The van der Waals surface area contributed by atoms with E-state index in [0.29, 0.717) is 10.6 Å². The maximum Gasteiger partial charge on any atom is 0.193 e. The molecule has 0 saturated carbocycles. The minimum Gasteiger partial charge on any atom is -0.289 e. The summed E-state index contributed by atoms with van der Waals surface area (Å²) in [5.74, 6) is 0.0431. The monoisotopic (exact) mass is 284 g/mol. The minimum atomic E-state index is 0.0431. The molecule has 0 bridgehead atoms. The minimum absolute atomic E-state index is 0.0431. The predicted octanol–water partition coefficient (Wildman–Crippen LogP) is 5.00. The molecule has 0 fully saturated rings. The molecule has 0 aliphatic heterocycles. The average molecular weight is 285 g/mol.